The van der Waals surface area contributed by atoms with Crippen LogP contribution in [0.1, 0.15) is 24.1 Å². The molecule has 1 heterocycles. The number of benzene rings is 2. The third-order valence-electron chi connectivity index (χ3n) is 3.68. The maximum Gasteiger partial charge on any atom is 0.123 e. The van der Waals surface area contributed by atoms with E-state index in [1.54, 1.807) is 0 Å². The molecule has 104 valence electrons. The topological polar surface area (TPSA) is 21.3 Å². The van der Waals surface area contributed by atoms with Gasteiger partial charge >= 0.3 is 0 Å². The first-order valence-electron chi connectivity index (χ1n) is 7.01. The fourth-order valence-electron chi connectivity index (χ4n) is 2.78. The zero-order valence-corrected chi connectivity index (χ0v) is 12.2. The summed E-state index contributed by atoms with van der Waals surface area (Å²) in [7, 11) is 0. The molecule has 2 atom stereocenters. The second-order valence-corrected chi connectivity index (χ2v) is 5.49. The first kappa shape index (κ1) is 13.5. The van der Waals surface area contributed by atoms with Crippen LogP contribution >= 0.6 is 11.6 Å². The minimum absolute atomic E-state index is 0.116. The molecular formula is C17H18ClNO. The average Bonchev–Trinajstić information content (AvgIpc) is 2.88. The van der Waals surface area contributed by atoms with E-state index in [1.165, 1.54) is 11.1 Å². The van der Waals surface area contributed by atoms with Crippen molar-refractivity contribution in [2.24, 2.45) is 0 Å². The van der Waals surface area contributed by atoms with Crippen molar-refractivity contribution in [3.63, 3.8) is 0 Å². The van der Waals surface area contributed by atoms with Crippen molar-refractivity contribution in [2.45, 2.75) is 25.5 Å². The van der Waals surface area contributed by atoms with Crippen LogP contribution in [0.5, 0.6) is 5.75 Å². The minimum atomic E-state index is 0.116. The van der Waals surface area contributed by atoms with E-state index in [0.29, 0.717) is 0 Å². The number of hydrogen-bond acceptors (Lipinski definition) is 2. The summed E-state index contributed by atoms with van der Waals surface area (Å²) in [4.78, 5) is 0. The van der Waals surface area contributed by atoms with E-state index < -0.39 is 0 Å². The van der Waals surface area contributed by atoms with Gasteiger partial charge in [-0.3, -0.25) is 0 Å². The fraction of sp³-hybridized carbons (Fsp3) is 0.294. The van der Waals surface area contributed by atoms with Gasteiger partial charge in [0.1, 0.15) is 11.9 Å². The molecule has 3 heteroatoms. The van der Waals surface area contributed by atoms with Crippen LogP contribution in [0.15, 0.2) is 48.5 Å². The molecule has 1 N–H and O–H groups in total. The number of hydrogen-bond donors (Lipinski definition) is 1. The summed E-state index contributed by atoms with van der Waals surface area (Å²) in [5.41, 5.74) is 2.46. The molecule has 0 saturated heterocycles. The second-order valence-electron chi connectivity index (χ2n) is 5.06. The molecule has 2 aromatic carbocycles. The lowest BCUT2D eigenvalue weighted by atomic mass is 9.97. The van der Waals surface area contributed by atoms with Gasteiger partial charge in [0, 0.05) is 11.4 Å². The number of rotatable bonds is 4. The molecule has 0 bridgehead atoms. The molecule has 0 radical (unpaired) electrons. The summed E-state index contributed by atoms with van der Waals surface area (Å²) in [6.45, 7) is 3.01. The lowest BCUT2D eigenvalue weighted by Crippen LogP contribution is -2.34. The van der Waals surface area contributed by atoms with Crippen LogP contribution in [0.2, 0.25) is 5.02 Å². The smallest absolute Gasteiger partial charge is 0.123 e. The molecule has 20 heavy (non-hydrogen) atoms. The zero-order chi connectivity index (χ0) is 13.9. The van der Waals surface area contributed by atoms with Crippen molar-refractivity contribution < 1.29 is 4.74 Å². The SMILES string of the molecule is CCNC(c1cccc(Cl)c1)C1Cc2ccccc2O1. The highest BCUT2D eigenvalue weighted by molar-refractivity contribution is 6.30. The molecular weight excluding hydrogens is 270 g/mol. The van der Waals surface area contributed by atoms with E-state index >= 15 is 0 Å². The monoisotopic (exact) mass is 287 g/mol. The van der Waals surface area contributed by atoms with Crippen LogP contribution < -0.4 is 10.1 Å². The number of likely N-dealkylation sites (N-methyl/N-ethyl adjacent to an activating group) is 1. The molecule has 0 aliphatic carbocycles. The summed E-state index contributed by atoms with van der Waals surface area (Å²) in [5, 5.41) is 4.28. The highest BCUT2D eigenvalue weighted by Gasteiger charge is 2.30. The third-order valence-corrected chi connectivity index (χ3v) is 3.91. The largest absolute Gasteiger partial charge is 0.488 e. The number of fused-ring (bicyclic) bond motifs is 1. The average molecular weight is 288 g/mol. The number of para-hydroxylation sites is 1. The van der Waals surface area contributed by atoms with Gasteiger partial charge < -0.3 is 10.1 Å². The van der Waals surface area contributed by atoms with Crippen LogP contribution in [0, 0.1) is 0 Å². The predicted octanol–water partition coefficient (Wildman–Crippen LogP) is 3.99. The van der Waals surface area contributed by atoms with Crippen molar-refractivity contribution >= 4 is 11.6 Å². The van der Waals surface area contributed by atoms with Crippen LogP contribution in [-0.4, -0.2) is 12.6 Å². The van der Waals surface area contributed by atoms with Gasteiger partial charge in [-0.1, -0.05) is 48.9 Å². The standard InChI is InChI=1S/C17H18ClNO/c1-2-19-17(13-7-5-8-14(18)10-13)16-11-12-6-3-4-9-15(12)20-16/h3-10,16-17,19H,2,11H2,1H3. The van der Waals surface area contributed by atoms with Crippen LogP contribution in [0.3, 0.4) is 0 Å². The Labute approximate surface area is 124 Å². The Morgan fingerprint density at radius 3 is 2.85 bits per heavy atom. The molecule has 1 aliphatic rings. The maximum absolute atomic E-state index is 6.12. The Balaban J connectivity index is 1.86. The van der Waals surface area contributed by atoms with Gasteiger partial charge in [0.15, 0.2) is 0 Å². The van der Waals surface area contributed by atoms with Crippen molar-refractivity contribution in [1.82, 2.24) is 5.32 Å². The summed E-state index contributed by atoms with van der Waals surface area (Å²) < 4.78 is 6.11. The Bertz CT molecular complexity index is 574. The van der Waals surface area contributed by atoms with Gasteiger partial charge in [-0.05, 0) is 35.9 Å². The first-order chi connectivity index (χ1) is 9.78. The molecule has 1 aliphatic heterocycles. The van der Waals surface area contributed by atoms with E-state index in [1.807, 2.05) is 30.3 Å². The van der Waals surface area contributed by atoms with Crippen LogP contribution in [0.25, 0.3) is 0 Å². The quantitative estimate of drug-likeness (QED) is 0.918. The van der Waals surface area contributed by atoms with E-state index in [4.69, 9.17) is 16.3 Å². The highest BCUT2D eigenvalue weighted by atomic mass is 35.5. The predicted molar refractivity (Wildman–Crippen MR) is 82.4 cm³/mol. The van der Waals surface area contributed by atoms with Crippen molar-refractivity contribution in [3.05, 3.63) is 64.7 Å². The third kappa shape index (κ3) is 2.67. The number of nitrogens with one attached hydrogen (secondary N) is 1. The Kier molecular flexibility index (Phi) is 3.95. The fourth-order valence-corrected chi connectivity index (χ4v) is 2.98. The minimum Gasteiger partial charge on any atom is -0.488 e. The molecule has 0 spiro atoms. The number of ether oxygens (including phenoxy) is 1. The van der Waals surface area contributed by atoms with Gasteiger partial charge in [-0.25, -0.2) is 0 Å². The molecule has 0 aromatic heterocycles. The Morgan fingerprint density at radius 1 is 1.25 bits per heavy atom. The summed E-state index contributed by atoms with van der Waals surface area (Å²) in [5.74, 6) is 1.00. The van der Waals surface area contributed by atoms with E-state index in [2.05, 4.69) is 30.4 Å². The Morgan fingerprint density at radius 2 is 2.10 bits per heavy atom. The highest BCUT2D eigenvalue weighted by Crippen LogP contribution is 2.34. The van der Waals surface area contributed by atoms with E-state index in [9.17, 15) is 0 Å². The lowest BCUT2D eigenvalue weighted by molar-refractivity contribution is 0.180. The van der Waals surface area contributed by atoms with Crippen molar-refractivity contribution in [1.29, 1.82) is 0 Å². The number of halogens is 1. The van der Waals surface area contributed by atoms with Gasteiger partial charge in [0.2, 0.25) is 0 Å². The van der Waals surface area contributed by atoms with Crippen LogP contribution in [0.4, 0.5) is 0 Å². The van der Waals surface area contributed by atoms with Crippen LogP contribution in [-0.2, 0) is 6.42 Å². The van der Waals surface area contributed by atoms with Gasteiger partial charge in [-0.15, -0.1) is 0 Å². The van der Waals surface area contributed by atoms with Gasteiger partial charge in [0.05, 0.1) is 6.04 Å². The van der Waals surface area contributed by atoms with Gasteiger partial charge in [-0.2, -0.15) is 0 Å². The normalized spacial score (nSPS) is 18.4. The van der Waals surface area contributed by atoms with Gasteiger partial charge in [0.25, 0.3) is 0 Å². The van der Waals surface area contributed by atoms with Crippen molar-refractivity contribution in [2.75, 3.05) is 6.54 Å². The Hall–Kier alpha value is -1.51. The van der Waals surface area contributed by atoms with E-state index in [0.717, 1.165) is 23.7 Å². The van der Waals surface area contributed by atoms with E-state index in [-0.39, 0.29) is 12.1 Å². The lowest BCUT2D eigenvalue weighted by Gasteiger charge is -2.24. The molecule has 2 aromatic rings. The summed E-state index contributed by atoms with van der Waals surface area (Å²) in [6.07, 6.45) is 1.05. The molecule has 0 fully saturated rings. The zero-order valence-electron chi connectivity index (χ0n) is 11.5. The molecule has 0 saturated carbocycles. The molecule has 3 rings (SSSR count). The molecule has 0 amide bonds. The second kappa shape index (κ2) is 5.86. The molecule has 2 nitrogen and oxygen atoms in total. The summed E-state index contributed by atoms with van der Waals surface area (Å²) >= 11 is 6.12. The molecule has 2 unspecified atom stereocenters. The first-order valence-corrected chi connectivity index (χ1v) is 7.39. The maximum atomic E-state index is 6.12. The van der Waals surface area contributed by atoms with Crippen molar-refractivity contribution in [3.8, 4) is 5.75 Å². The summed E-state index contributed by atoms with van der Waals surface area (Å²) in [6, 6.07) is 16.4.